The smallest absolute Gasteiger partial charge is 0.243 e. The topological polar surface area (TPSA) is 41.1 Å². The lowest BCUT2D eigenvalue weighted by Crippen LogP contribution is -2.22. The Morgan fingerprint density at radius 2 is 1.89 bits per heavy atom. The van der Waals surface area contributed by atoms with Gasteiger partial charge in [0.15, 0.2) is 0 Å². The summed E-state index contributed by atoms with van der Waals surface area (Å²) < 4.78 is 13.4. The third-order valence-corrected chi connectivity index (χ3v) is 2.66. The third-order valence-electron chi connectivity index (χ3n) is 2.43. The fourth-order valence-corrected chi connectivity index (χ4v) is 1.69. The molecule has 0 heterocycles. The number of hydrogen-bond acceptors (Lipinski definition) is 2. The predicted molar refractivity (Wildman–Crippen MR) is 75.0 cm³/mol. The number of anilines is 2. The van der Waals surface area contributed by atoms with E-state index in [9.17, 15) is 9.18 Å². The van der Waals surface area contributed by atoms with E-state index in [0.29, 0.717) is 10.7 Å². The zero-order valence-electron chi connectivity index (χ0n) is 9.99. The van der Waals surface area contributed by atoms with Gasteiger partial charge in [-0.2, -0.15) is 0 Å². The van der Waals surface area contributed by atoms with Crippen LogP contribution in [0.15, 0.2) is 48.5 Å². The van der Waals surface area contributed by atoms with Gasteiger partial charge in [-0.05, 0) is 30.3 Å². The van der Waals surface area contributed by atoms with Crippen LogP contribution in [-0.4, -0.2) is 12.5 Å². The molecule has 0 aromatic heterocycles. The molecule has 1 amide bonds. The first-order valence-corrected chi connectivity index (χ1v) is 6.07. The Hall–Kier alpha value is -2.07. The molecule has 0 aliphatic rings. The highest BCUT2D eigenvalue weighted by Crippen LogP contribution is 2.18. The van der Waals surface area contributed by atoms with Crippen LogP contribution in [0.5, 0.6) is 0 Å². The molecule has 0 atom stereocenters. The van der Waals surface area contributed by atoms with Crippen molar-refractivity contribution in [2.45, 2.75) is 0 Å². The molecule has 0 radical (unpaired) electrons. The Morgan fingerprint density at radius 1 is 1.16 bits per heavy atom. The molecule has 0 spiro atoms. The highest BCUT2D eigenvalue weighted by Gasteiger charge is 2.05. The second-order valence-electron chi connectivity index (χ2n) is 3.89. The number of carbonyl (C=O) groups excluding carboxylic acids is 1. The van der Waals surface area contributed by atoms with Gasteiger partial charge >= 0.3 is 0 Å². The molecule has 0 saturated carbocycles. The molecular formula is C14H12ClFN2O. The van der Waals surface area contributed by atoms with Crippen LogP contribution in [0.2, 0.25) is 5.02 Å². The maximum absolute atomic E-state index is 13.4. The number of nitrogens with one attached hydrogen (secondary N) is 2. The molecular weight excluding hydrogens is 267 g/mol. The molecule has 0 saturated heterocycles. The highest BCUT2D eigenvalue weighted by molar-refractivity contribution is 6.30. The van der Waals surface area contributed by atoms with E-state index in [2.05, 4.69) is 10.6 Å². The van der Waals surface area contributed by atoms with Crippen LogP contribution in [0.4, 0.5) is 15.8 Å². The van der Waals surface area contributed by atoms with E-state index in [1.54, 1.807) is 18.2 Å². The van der Waals surface area contributed by atoms with Gasteiger partial charge in [-0.15, -0.1) is 0 Å². The van der Waals surface area contributed by atoms with Gasteiger partial charge in [0.25, 0.3) is 0 Å². The first kappa shape index (κ1) is 13.4. The lowest BCUT2D eigenvalue weighted by Gasteiger charge is -2.08. The SMILES string of the molecule is O=C(CNc1ccc(Cl)cc1F)Nc1ccccc1. The molecule has 0 aliphatic carbocycles. The van der Waals surface area contributed by atoms with Crippen molar-refractivity contribution in [1.29, 1.82) is 0 Å². The summed E-state index contributed by atoms with van der Waals surface area (Å²) in [6.07, 6.45) is 0. The Balaban J connectivity index is 1.90. The molecule has 2 rings (SSSR count). The molecule has 3 nitrogen and oxygen atoms in total. The van der Waals surface area contributed by atoms with Gasteiger partial charge in [0.05, 0.1) is 12.2 Å². The number of benzene rings is 2. The maximum Gasteiger partial charge on any atom is 0.243 e. The molecule has 19 heavy (non-hydrogen) atoms. The Labute approximate surface area is 115 Å². The van der Waals surface area contributed by atoms with E-state index in [-0.39, 0.29) is 18.1 Å². The van der Waals surface area contributed by atoms with Crippen LogP contribution in [-0.2, 0) is 4.79 Å². The summed E-state index contributed by atoms with van der Waals surface area (Å²) in [6.45, 7) is -0.0204. The molecule has 2 aromatic rings. The van der Waals surface area contributed by atoms with E-state index in [0.717, 1.165) is 0 Å². The van der Waals surface area contributed by atoms with Crippen LogP contribution in [0.3, 0.4) is 0 Å². The molecule has 2 N–H and O–H groups in total. The lowest BCUT2D eigenvalue weighted by atomic mass is 10.3. The molecule has 0 bridgehead atoms. The van der Waals surface area contributed by atoms with Crippen molar-refractivity contribution in [3.8, 4) is 0 Å². The van der Waals surface area contributed by atoms with E-state index >= 15 is 0 Å². The third kappa shape index (κ3) is 3.96. The van der Waals surface area contributed by atoms with Gasteiger partial charge < -0.3 is 10.6 Å². The summed E-state index contributed by atoms with van der Waals surface area (Å²) in [5, 5.41) is 5.72. The van der Waals surface area contributed by atoms with Crippen molar-refractivity contribution >= 4 is 28.9 Å². The number of rotatable bonds is 4. The first-order valence-electron chi connectivity index (χ1n) is 5.69. The van der Waals surface area contributed by atoms with E-state index in [1.165, 1.54) is 12.1 Å². The molecule has 5 heteroatoms. The fraction of sp³-hybridized carbons (Fsp3) is 0.0714. The van der Waals surface area contributed by atoms with Crippen molar-refractivity contribution < 1.29 is 9.18 Å². The van der Waals surface area contributed by atoms with Gasteiger partial charge in [-0.25, -0.2) is 4.39 Å². The predicted octanol–water partition coefficient (Wildman–Crippen LogP) is 3.53. The van der Waals surface area contributed by atoms with E-state index < -0.39 is 5.82 Å². The average molecular weight is 279 g/mol. The number of para-hydroxylation sites is 1. The number of halogens is 2. The Kier molecular flexibility index (Phi) is 4.36. The Bertz CT molecular complexity index is 575. The number of carbonyl (C=O) groups is 1. The van der Waals surface area contributed by atoms with Crippen molar-refractivity contribution in [1.82, 2.24) is 0 Å². The summed E-state index contributed by atoms with van der Waals surface area (Å²) in [5.74, 6) is -0.736. The van der Waals surface area contributed by atoms with Gasteiger partial charge in [0, 0.05) is 10.7 Å². The fourth-order valence-electron chi connectivity index (χ4n) is 1.54. The first-order chi connectivity index (χ1) is 9.15. The lowest BCUT2D eigenvalue weighted by molar-refractivity contribution is -0.114. The van der Waals surface area contributed by atoms with Crippen LogP contribution in [0, 0.1) is 5.82 Å². The summed E-state index contributed by atoms with van der Waals surface area (Å²) in [7, 11) is 0. The largest absolute Gasteiger partial charge is 0.374 e. The molecule has 98 valence electrons. The molecule has 2 aromatic carbocycles. The van der Waals surface area contributed by atoms with Gasteiger partial charge in [-0.1, -0.05) is 29.8 Å². The molecule has 0 fully saturated rings. The number of hydrogen-bond donors (Lipinski definition) is 2. The zero-order valence-corrected chi connectivity index (χ0v) is 10.7. The van der Waals surface area contributed by atoms with E-state index in [1.807, 2.05) is 18.2 Å². The summed E-state index contributed by atoms with van der Waals surface area (Å²) in [5.41, 5.74) is 0.943. The normalized spacial score (nSPS) is 10.0. The van der Waals surface area contributed by atoms with Crippen LogP contribution < -0.4 is 10.6 Å². The summed E-state index contributed by atoms with van der Waals surface area (Å²) in [4.78, 5) is 11.6. The monoisotopic (exact) mass is 278 g/mol. The summed E-state index contributed by atoms with van der Waals surface area (Å²) in [6, 6.07) is 13.3. The number of amides is 1. The minimum Gasteiger partial charge on any atom is -0.374 e. The molecule has 0 aliphatic heterocycles. The van der Waals surface area contributed by atoms with Crippen LogP contribution in [0.1, 0.15) is 0 Å². The minimum atomic E-state index is -0.486. The van der Waals surface area contributed by atoms with Crippen molar-refractivity contribution in [2.24, 2.45) is 0 Å². The van der Waals surface area contributed by atoms with Gasteiger partial charge in [-0.3, -0.25) is 4.79 Å². The molecule has 0 unspecified atom stereocenters. The van der Waals surface area contributed by atoms with Crippen LogP contribution in [0.25, 0.3) is 0 Å². The van der Waals surface area contributed by atoms with Crippen LogP contribution >= 0.6 is 11.6 Å². The second-order valence-corrected chi connectivity index (χ2v) is 4.33. The summed E-state index contributed by atoms with van der Waals surface area (Å²) >= 11 is 5.64. The maximum atomic E-state index is 13.4. The van der Waals surface area contributed by atoms with Gasteiger partial charge in [0.1, 0.15) is 5.82 Å². The minimum absolute atomic E-state index is 0.0204. The van der Waals surface area contributed by atoms with Gasteiger partial charge in [0.2, 0.25) is 5.91 Å². The second kappa shape index (κ2) is 6.20. The quantitative estimate of drug-likeness (QED) is 0.898. The van der Waals surface area contributed by atoms with Crippen molar-refractivity contribution in [3.63, 3.8) is 0 Å². The highest BCUT2D eigenvalue weighted by atomic mass is 35.5. The zero-order chi connectivity index (χ0) is 13.7. The van der Waals surface area contributed by atoms with Crippen molar-refractivity contribution in [3.05, 3.63) is 59.4 Å². The van der Waals surface area contributed by atoms with Crippen molar-refractivity contribution in [2.75, 3.05) is 17.2 Å². The standard InChI is InChI=1S/C14H12ClFN2O/c15-10-6-7-13(12(16)8-10)17-9-14(19)18-11-4-2-1-3-5-11/h1-8,17H,9H2,(H,18,19). The average Bonchev–Trinajstić information content (AvgIpc) is 2.39. The van der Waals surface area contributed by atoms with E-state index in [4.69, 9.17) is 11.6 Å². The Morgan fingerprint density at radius 3 is 2.58 bits per heavy atom.